The maximum absolute atomic E-state index is 13.0. The second-order valence-corrected chi connectivity index (χ2v) is 19.3. The third-order valence-corrected chi connectivity index (χ3v) is 12.9. The van der Waals surface area contributed by atoms with Gasteiger partial charge in [-0.2, -0.15) is 0 Å². The number of carbonyl (C=O) groups excluding carboxylic acids is 2. The monoisotopic (exact) mass is 974 g/mol. The van der Waals surface area contributed by atoms with Gasteiger partial charge in [-0.25, -0.2) is 0 Å². The van der Waals surface area contributed by atoms with E-state index in [9.17, 15) is 35.1 Å². The molecule has 0 aromatic carbocycles. The van der Waals surface area contributed by atoms with E-state index in [1.807, 2.05) is 6.08 Å². The van der Waals surface area contributed by atoms with E-state index in [0.717, 1.165) is 103 Å². The number of amides is 1. The molecule has 7 atom stereocenters. The molecule has 6 N–H and O–H groups in total. The number of hydrogen-bond donors (Lipinski definition) is 6. The number of esters is 1. The Labute approximate surface area is 420 Å². The quantitative estimate of drug-likeness (QED) is 0.0149. The predicted molar refractivity (Wildman–Crippen MR) is 283 cm³/mol. The van der Waals surface area contributed by atoms with Crippen LogP contribution in [0.5, 0.6) is 0 Å². The van der Waals surface area contributed by atoms with E-state index in [-0.39, 0.29) is 18.5 Å². The highest BCUT2D eigenvalue weighted by Crippen LogP contribution is 2.23. The Bertz CT molecular complexity index is 1330. The van der Waals surface area contributed by atoms with Crippen molar-refractivity contribution >= 4 is 11.9 Å². The Morgan fingerprint density at radius 1 is 0.551 bits per heavy atom. The molecule has 1 saturated heterocycles. The molecule has 0 aromatic rings. The molecule has 0 aromatic heterocycles. The van der Waals surface area contributed by atoms with Crippen LogP contribution in [-0.4, -0.2) is 100 Å². The van der Waals surface area contributed by atoms with Gasteiger partial charge in [0, 0.05) is 12.8 Å². The van der Waals surface area contributed by atoms with Gasteiger partial charge in [0.25, 0.3) is 0 Å². The fourth-order valence-electron chi connectivity index (χ4n) is 8.40. The first-order valence-corrected chi connectivity index (χ1v) is 28.1. The Hall–Kier alpha value is -2.64. The maximum atomic E-state index is 13.0. The molecule has 11 nitrogen and oxygen atoms in total. The van der Waals surface area contributed by atoms with Crippen molar-refractivity contribution in [3.05, 3.63) is 60.8 Å². The third-order valence-electron chi connectivity index (χ3n) is 12.9. The molecule has 1 amide bonds. The number of aliphatic hydroxyl groups is 5. The minimum Gasteiger partial charge on any atom is -0.466 e. The maximum Gasteiger partial charge on any atom is 0.305 e. The first kappa shape index (κ1) is 64.4. The molecule has 0 aliphatic carbocycles. The highest BCUT2D eigenvalue weighted by Gasteiger charge is 2.44. The lowest BCUT2D eigenvalue weighted by Gasteiger charge is -2.40. The Kier molecular flexibility index (Phi) is 44.5. The van der Waals surface area contributed by atoms with Crippen LogP contribution in [0.15, 0.2) is 60.8 Å². The molecule has 0 saturated carbocycles. The zero-order valence-corrected chi connectivity index (χ0v) is 43.8. The highest BCUT2D eigenvalue weighted by atomic mass is 16.7. The molecule has 1 aliphatic heterocycles. The van der Waals surface area contributed by atoms with E-state index in [1.165, 1.54) is 89.9 Å². The molecule has 1 heterocycles. The minimum absolute atomic E-state index is 0.0401. The fraction of sp³-hybridized carbons (Fsp3) is 0.793. The Morgan fingerprint density at radius 3 is 1.57 bits per heavy atom. The molecule has 0 spiro atoms. The number of unbranched alkanes of at least 4 members (excludes halogenated alkanes) is 26. The van der Waals surface area contributed by atoms with Gasteiger partial charge in [-0.05, 0) is 83.5 Å². The predicted octanol–water partition coefficient (Wildman–Crippen LogP) is 12.3. The van der Waals surface area contributed by atoms with Crippen LogP contribution < -0.4 is 5.32 Å². The van der Waals surface area contributed by atoms with E-state index in [4.69, 9.17) is 14.2 Å². The Morgan fingerprint density at radius 2 is 1.03 bits per heavy atom. The van der Waals surface area contributed by atoms with Crippen molar-refractivity contribution in [2.45, 2.75) is 275 Å². The van der Waals surface area contributed by atoms with Crippen molar-refractivity contribution in [3.63, 3.8) is 0 Å². The zero-order valence-electron chi connectivity index (χ0n) is 43.8. The molecule has 7 unspecified atom stereocenters. The van der Waals surface area contributed by atoms with Crippen LogP contribution in [0.1, 0.15) is 232 Å². The zero-order chi connectivity index (χ0) is 50.3. The third kappa shape index (κ3) is 37.8. The van der Waals surface area contributed by atoms with Gasteiger partial charge in [0.2, 0.25) is 5.91 Å². The molecule has 11 heteroatoms. The van der Waals surface area contributed by atoms with Crippen LogP contribution in [0.3, 0.4) is 0 Å². The van der Waals surface area contributed by atoms with E-state index in [1.54, 1.807) is 6.08 Å². The van der Waals surface area contributed by atoms with Crippen molar-refractivity contribution in [1.29, 1.82) is 0 Å². The van der Waals surface area contributed by atoms with E-state index >= 15 is 0 Å². The van der Waals surface area contributed by atoms with Crippen LogP contribution >= 0.6 is 0 Å². The lowest BCUT2D eigenvalue weighted by Crippen LogP contribution is -2.60. The van der Waals surface area contributed by atoms with Crippen molar-refractivity contribution in [3.8, 4) is 0 Å². The lowest BCUT2D eigenvalue weighted by molar-refractivity contribution is -0.302. The summed E-state index contributed by atoms with van der Waals surface area (Å²) in [4.78, 5) is 25.0. The topological polar surface area (TPSA) is 175 Å². The van der Waals surface area contributed by atoms with Crippen molar-refractivity contribution in [2.75, 3.05) is 19.8 Å². The molecule has 0 bridgehead atoms. The van der Waals surface area contributed by atoms with Gasteiger partial charge < -0.3 is 45.1 Å². The first-order chi connectivity index (χ1) is 33.7. The summed E-state index contributed by atoms with van der Waals surface area (Å²) in [6, 6.07) is -0.851. The SMILES string of the molecule is CC/C=C/CC/C=C/CC/C=C/C(O)C(COC1OC(CO)C(O)C(O)C1O)NC(=O)CCCCCCCC/C=C\C=C/CCCCCOC(=O)CCCCCCCCCCCCCCCCCC. The van der Waals surface area contributed by atoms with Crippen molar-refractivity contribution in [2.24, 2.45) is 0 Å². The molecule has 1 fully saturated rings. The van der Waals surface area contributed by atoms with Gasteiger partial charge in [0.1, 0.15) is 24.4 Å². The number of carbonyl (C=O) groups is 2. The van der Waals surface area contributed by atoms with Gasteiger partial charge in [-0.1, -0.05) is 197 Å². The molecular formula is C58H103NO10. The smallest absolute Gasteiger partial charge is 0.305 e. The number of nitrogens with one attached hydrogen (secondary N) is 1. The van der Waals surface area contributed by atoms with Gasteiger partial charge in [-0.3, -0.25) is 9.59 Å². The second kappa shape index (κ2) is 47.7. The normalized spacial score (nSPS) is 19.8. The average Bonchev–Trinajstić information content (AvgIpc) is 3.34. The first-order valence-electron chi connectivity index (χ1n) is 28.1. The molecular weight excluding hydrogens is 871 g/mol. The number of ether oxygens (including phenoxy) is 3. The molecule has 69 heavy (non-hydrogen) atoms. The largest absolute Gasteiger partial charge is 0.466 e. The molecule has 1 aliphatic rings. The standard InChI is InChI=1S/C58H103NO10/c1-3-5-7-9-11-13-15-16-17-20-23-26-30-34-38-42-46-54(63)67-47-43-39-35-31-27-24-21-18-19-22-25-29-33-37-41-45-53(62)59-50(49-68-58-57(66)56(65)55(64)52(48-60)69-58)51(61)44-40-36-32-28-14-12-10-8-6-4-2/h6,8,14,18,21,24,27-28,40,44,50-52,55-58,60-61,64-66H,3-5,7,9-13,15-17,19-20,22-23,25-26,29-39,41-43,45-49H2,1-2H3,(H,59,62)/b8-6+,21-18-,27-24-,28-14+,44-40+. The molecule has 400 valence electrons. The average molecular weight is 974 g/mol. The minimum atomic E-state index is -1.59. The summed E-state index contributed by atoms with van der Waals surface area (Å²) in [6.45, 7) is 4.11. The summed E-state index contributed by atoms with van der Waals surface area (Å²) in [5.41, 5.74) is 0. The van der Waals surface area contributed by atoms with E-state index in [2.05, 4.69) is 67.8 Å². The van der Waals surface area contributed by atoms with E-state index in [0.29, 0.717) is 32.3 Å². The summed E-state index contributed by atoms with van der Waals surface area (Å²) < 4.78 is 16.6. The van der Waals surface area contributed by atoms with Crippen LogP contribution in [0.25, 0.3) is 0 Å². The number of aliphatic hydroxyl groups excluding tert-OH is 5. The van der Waals surface area contributed by atoms with Gasteiger partial charge in [0.15, 0.2) is 6.29 Å². The van der Waals surface area contributed by atoms with Crippen LogP contribution in [0, 0.1) is 0 Å². The van der Waals surface area contributed by atoms with Gasteiger partial charge >= 0.3 is 5.97 Å². The van der Waals surface area contributed by atoms with Crippen molar-refractivity contribution < 1.29 is 49.3 Å². The summed E-state index contributed by atoms with van der Waals surface area (Å²) in [7, 11) is 0. The lowest BCUT2D eigenvalue weighted by atomic mass is 9.99. The molecule has 0 radical (unpaired) electrons. The summed E-state index contributed by atoms with van der Waals surface area (Å²) in [5, 5.41) is 54.1. The number of hydrogen-bond acceptors (Lipinski definition) is 10. The van der Waals surface area contributed by atoms with Gasteiger partial charge in [-0.15, -0.1) is 0 Å². The van der Waals surface area contributed by atoms with Crippen LogP contribution in [-0.2, 0) is 23.8 Å². The highest BCUT2D eigenvalue weighted by molar-refractivity contribution is 5.76. The fourth-order valence-corrected chi connectivity index (χ4v) is 8.40. The van der Waals surface area contributed by atoms with Crippen LogP contribution in [0.4, 0.5) is 0 Å². The number of allylic oxidation sites excluding steroid dienone is 9. The molecule has 1 rings (SSSR count). The van der Waals surface area contributed by atoms with E-state index < -0.39 is 49.5 Å². The Balaban J connectivity index is 2.12. The summed E-state index contributed by atoms with van der Waals surface area (Å²) in [5.74, 6) is -0.263. The summed E-state index contributed by atoms with van der Waals surface area (Å²) in [6.07, 6.45) is 50.4. The van der Waals surface area contributed by atoms with Crippen LogP contribution in [0.2, 0.25) is 0 Å². The second-order valence-electron chi connectivity index (χ2n) is 19.3. The summed E-state index contributed by atoms with van der Waals surface area (Å²) >= 11 is 0. The van der Waals surface area contributed by atoms with Crippen molar-refractivity contribution in [1.82, 2.24) is 5.32 Å². The van der Waals surface area contributed by atoms with Gasteiger partial charge in [0.05, 0.1) is 32.0 Å². The number of rotatable bonds is 47.